The van der Waals surface area contributed by atoms with E-state index in [2.05, 4.69) is 11.9 Å². The molecule has 2 heteroatoms. The highest BCUT2D eigenvalue weighted by Gasteiger charge is 2.01. The summed E-state index contributed by atoms with van der Waals surface area (Å²) in [6.07, 6.45) is 1.86. The number of benzene rings is 1. The maximum Gasteiger partial charge on any atom is 0.0412 e. The van der Waals surface area contributed by atoms with Crippen molar-refractivity contribution in [3.8, 4) is 0 Å². The first kappa shape index (κ1) is 8.52. The predicted molar refractivity (Wildman–Crippen MR) is 56.2 cm³/mol. The quantitative estimate of drug-likeness (QED) is 0.621. The summed E-state index contributed by atoms with van der Waals surface area (Å²) in [5, 5.41) is 3.10. The molecule has 0 saturated carbocycles. The van der Waals surface area contributed by atoms with E-state index in [-0.39, 0.29) is 0 Å². The highest BCUT2D eigenvalue weighted by molar-refractivity contribution is 6.31. The van der Waals surface area contributed by atoms with E-state index in [1.807, 2.05) is 31.3 Å². The molecule has 0 bridgehead atoms. The molecule has 0 saturated heterocycles. The molecule has 0 N–H and O–H groups in total. The van der Waals surface area contributed by atoms with Gasteiger partial charge in [0.15, 0.2) is 0 Å². The third kappa shape index (κ3) is 1.40. The molecule has 0 aliphatic heterocycles. The average Bonchev–Trinajstić information content (AvgIpc) is 2.12. The topological polar surface area (TPSA) is 12.9 Å². The number of hydrogen-bond donors (Lipinski definition) is 0. The van der Waals surface area contributed by atoms with Gasteiger partial charge in [-0.1, -0.05) is 17.7 Å². The smallest absolute Gasteiger partial charge is 0.0412 e. The van der Waals surface area contributed by atoms with E-state index in [0.717, 1.165) is 16.1 Å². The lowest BCUT2D eigenvalue weighted by Gasteiger charge is -2.04. The van der Waals surface area contributed by atoms with Crippen molar-refractivity contribution < 1.29 is 0 Å². The Morgan fingerprint density at radius 1 is 1.23 bits per heavy atom. The first-order valence-corrected chi connectivity index (χ1v) is 4.58. The zero-order chi connectivity index (χ0) is 9.42. The van der Waals surface area contributed by atoms with E-state index in [4.69, 9.17) is 11.6 Å². The highest BCUT2D eigenvalue weighted by atomic mass is 35.5. The molecule has 0 amide bonds. The van der Waals surface area contributed by atoms with Crippen molar-refractivity contribution >= 4 is 22.4 Å². The fourth-order valence-corrected chi connectivity index (χ4v) is 1.62. The van der Waals surface area contributed by atoms with Crippen molar-refractivity contribution in [2.24, 2.45) is 0 Å². The molecule has 0 unspecified atom stereocenters. The zero-order valence-electron chi connectivity index (χ0n) is 7.63. The van der Waals surface area contributed by atoms with Crippen molar-refractivity contribution in [2.75, 3.05) is 0 Å². The van der Waals surface area contributed by atoms with Gasteiger partial charge >= 0.3 is 0 Å². The Kier molecular flexibility index (Phi) is 1.97. The van der Waals surface area contributed by atoms with Crippen LogP contribution in [0.3, 0.4) is 0 Å². The van der Waals surface area contributed by atoms with Crippen LogP contribution in [0, 0.1) is 13.8 Å². The Morgan fingerprint density at radius 3 is 2.77 bits per heavy atom. The predicted octanol–water partition coefficient (Wildman–Crippen LogP) is 3.51. The van der Waals surface area contributed by atoms with E-state index in [0.29, 0.717) is 0 Å². The van der Waals surface area contributed by atoms with E-state index in [9.17, 15) is 0 Å². The lowest BCUT2D eigenvalue weighted by atomic mass is 10.1. The van der Waals surface area contributed by atoms with Gasteiger partial charge in [-0.3, -0.25) is 4.98 Å². The van der Waals surface area contributed by atoms with Gasteiger partial charge in [-0.25, -0.2) is 0 Å². The molecule has 0 fully saturated rings. The zero-order valence-corrected chi connectivity index (χ0v) is 8.39. The van der Waals surface area contributed by atoms with Gasteiger partial charge in [0.1, 0.15) is 0 Å². The molecule has 1 aromatic carbocycles. The van der Waals surface area contributed by atoms with Crippen LogP contribution in [-0.2, 0) is 0 Å². The van der Waals surface area contributed by atoms with E-state index >= 15 is 0 Å². The fourth-order valence-electron chi connectivity index (χ4n) is 1.44. The summed E-state index contributed by atoms with van der Waals surface area (Å²) in [6, 6.07) is 5.90. The van der Waals surface area contributed by atoms with E-state index < -0.39 is 0 Å². The van der Waals surface area contributed by atoms with Gasteiger partial charge in [-0.2, -0.15) is 0 Å². The second-order valence-electron chi connectivity index (χ2n) is 3.20. The molecule has 0 atom stereocenters. The molecule has 0 aliphatic carbocycles. The van der Waals surface area contributed by atoms with Crippen molar-refractivity contribution in [1.82, 2.24) is 4.98 Å². The number of rotatable bonds is 0. The van der Waals surface area contributed by atoms with E-state index in [1.165, 1.54) is 10.9 Å². The van der Waals surface area contributed by atoms with Gasteiger partial charge in [0.25, 0.3) is 0 Å². The fraction of sp³-hybridized carbons (Fsp3) is 0.182. The van der Waals surface area contributed by atoms with Crippen molar-refractivity contribution in [1.29, 1.82) is 0 Å². The highest BCUT2D eigenvalue weighted by Crippen LogP contribution is 2.22. The van der Waals surface area contributed by atoms with Crippen molar-refractivity contribution in [3.63, 3.8) is 0 Å². The number of pyridine rings is 1. The summed E-state index contributed by atoms with van der Waals surface area (Å²) in [4.78, 5) is 4.29. The molecule has 2 rings (SSSR count). The van der Waals surface area contributed by atoms with Gasteiger partial charge in [0.2, 0.25) is 0 Å². The third-order valence-electron chi connectivity index (χ3n) is 2.36. The summed E-state index contributed by atoms with van der Waals surface area (Å²) in [6.45, 7) is 4.10. The molecule has 0 aliphatic rings. The van der Waals surface area contributed by atoms with Crippen LogP contribution in [0.15, 0.2) is 24.4 Å². The summed E-state index contributed by atoms with van der Waals surface area (Å²) < 4.78 is 0. The first-order chi connectivity index (χ1) is 6.18. The minimum atomic E-state index is 0.762. The molecule has 66 valence electrons. The standard InChI is InChI=1S/C11H10ClN/c1-7-8(2)13-6-9-5-10(12)3-4-11(7)9/h3-6H,1-2H3. The van der Waals surface area contributed by atoms with Gasteiger partial charge < -0.3 is 0 Å². The van der Waals surface area contributed by atoms with Gasteiger partial charge in [-0.15, -0.1) is 0 Å². The second-order valence-corrected chi connectivity index (χ2v) is 3.64. The minimum Gasteiger partial charge on any atom is -0.261 e. The van der Waals surface area contributed by atoms with Crippen LogP contribution in [0.4, 0.5) is 0 Å². The third-order valence-corrected chi connectivity index (χ3v) is 2.59. The van der Waals surface area contributed by atoms with Crippen molar-refractivity contribution in [3.05, 3.63) is 40.7 Å². The Morgan fingerprint density at radius 2 is 2.00 bits per heavy atom. The lowest BCUT2D eigenvalue weighted by Crippen LogP contribution is -1.87. The van der Waals surface area contributed by atoms with E-state index in [1.54, 1.807) is 0 Å². The molecule has 0 radical (unpaired) electrons. The molecule has 0 spiro atoms. The Balaban J connectivity index is 2.87. The second kappa shape index (κ2) is 3.00. The number of halogens is 1. The van der Waals surface area contributed by atoms with Gasteiger partial charge in [0, 0.05) is 22.3 Å². The van der Waals surface area contributed by atoms with Crippen molar-refractivity contribution in [2.45, 2.75) is 13.8 Å². The number of aromatic nitrogens is 1. The maximum absolute atomic E-state index is 5.88. The maximum atomic E-state index is 5.88. The summed E-state index contributed by atoms with van der Waals surface area (Å²) in [5.74, 6) is 0. The Bertz CT molecular complexity index is 463. The van der Waals surface area contributed by atoms with Crippen LogP contribution < -0.4 is 0 Å². The number of hydrogen-bond acceptors (Lipinski definition) is 1. The van der Waals surface area contributed by atoms with Crippen LogP contribution in [-0.4, -0.2) is 4.98 Å². The number of fused-ring (bicyclic) bond motifs is 1. The monoisotopic (exact) mass is 191 g/mol. The molecule has 1 aromatic heterocycles. The minimum absolute atomic E-state index is 0.762. The van der Waals surface area contributed by atoms with Crippen LogP contribution >= 0.6 is 11.6 Å². The normalized spacial score (nSPS) is 10.7. The molecular weight excluding hydrogens is 182 g/mol. The summed E-state index contributed by atoms with van der Waals surface area (Å²) in [7, 11) is 0. The molecular formula is C11H10ClN. The average molecular weight is 192 g/mol. The largest absolute Gasteiger partial charge is 0.261 e. The number of aryl methyl sites for hydroxylation is 2. The van der Waals surface area contributed by atoms with Crippen LogP contribution in [0.5, 0.6) is 0 Å². The lowest BCUT2D eigenvalue weighted by molar-refractivity contribution is 1.18. The Hall–Kier alpha value is -1.08. The summed E-state index contributed by atoms with van der Waals surface area (Å²) in [5.41, 5.74) is 2.31. The Labute approximate surface area is 82.4 Å². The SMILES string of the molecule is Cc1ncc2cc(Cl)ccc2c1C. The van der Waals surface area contributed by atoms with Gasteiger partial charge in [-0.05, 0) is 36.9 Å². The molecule has 13 heavy (non-hydrogen) atoms. The molecule has 1 heterocycles. The first-order valence-electron chi connectivity index (χ1n) is 4.20. The van der Waals surface area contributed by atoms with Gasteiger partial charge in [0.05, 0.1) is 0 Å². The van der Waals surface area contributed by atoms with Crippen LogP contribution in [0.2, 0.25) is 5.02 Å². The van der Waals surface area contributed by atoms with Crippen LogP contribution in [0.1, 0.15) is 11.3 Å². The number of nitrogens with zero attached hydrogens (tertiary/aromatic N) is 1. The summed E-state index contributed by atoms with van der Waals surface area (Å²) >= 11 is 5.88. The molecule has 2 aromatic rings. The molecule has 1 nitrogen and oxygen atoms in total. The van der Waals surface area contributed by atoms with Crippen LogP contribution in [0.25, 0.3) is 10.8 Å².